The van der Waals surface area contributed by atoms with E-state index < -0.39 is 0 Å². The first-order valence-corrected chi connectivity index (χ1v) is 9.03. The van der Waals surface area contributed by atoms with Crippen LogP contribution in [0.1, 0.15) is 30.9 Å². The molecular formula is C18H31IN6O. The molecule has 1 saturated heterocycles. The van der Waals surface area contributed by atoms with E-state index >= 15 is 0 Å². The summed E-state index contributed by atoms with van der Waals surface area (Å²) in [6.45, 7) is 7.84. The number of nitrogens with zero attached hydrogens (tertiary/aromatic N) is 3. The van der Waals surface area contributed by atoms with E-state index in [4.69, 9.17) is 10.7 Å². The maximum Gasteiger partial charge on any atom is 0.231 e. The first kappa shape index (κ1) is 22.6. The van der Waals surface area contributed by atoms with Gasteiger partial charge in [0.25, 0.3) is 0 Å². The largest absolute Gasteiger partial charge is 0.369 e. The highest BCUT2D eigenvalue weighted by atomic mass is 127. The van der Waals surface area contributed by atoms with E-state index in [9.17, 15) is 4.79 Å². The number of nitrogens with two attached hydrogens (primary N) is 1. The van der Waals surface area contributed by atoms with Crippen molar-refractivity contribution in [1.29, 1.82) is 0 Å². The summed E-state index contributed by atoms with van der Waals surface area (Å²) in [6, 6.07) is 2.43. The molecule has 1 aromatic rings. The van der Waals surface area contributed by atoms with E-state index in [1.54, 1.807) is 0 Å². The van der Waals surface area contributed by atoms with Gasteiger partial charge in [0.15, 0.2) is 5.96 Å². The number of rotatable bonds is 7. The molecule has 2 heterocycles. The summed E-state index contributed by atoms with van der Waals surface area (Å²) in [5.41, 5.74) is 7.75. The number of pyridine rings is 1. The average molecular weight is 474 g/mol. The SMILES string of the molecule is CCNC(=NCCc1ccncc1C)NC1CCN(CC(N)=O)CC1.I. The van der Waals surface area contributed by atoms with Crippen LogP contribution in [0.15, 0.2) is 23.5 Å². The lowest BCUT2D eigenvalue weighted by atomic mass is 10.1. The summed E-state index contributed by atoms with van der Waals surface area (Å²) in [7, 11) is 0. The molecule has 0 spiro atoms. The van der Waals surface area contributed by atoms with Crippen LogP contribution in [0, 0.1) is 6.92 Å². The maximum atomic E-state index is 11.0. The van der Waals surface area contributed by atoms with E-state index in [0.717, 1.165) is 51.4 Å². The van der Waals surface area contributed by atoms with Crippen LogP contribution in [0.3, 0.4) is 0 Å². The van der Waals surface area contributed by atoms with Crippen LogP contribution in [0.25, 0.3) is 0 Å². The third-order valence-electron chi connectivity index (χ3n) is 4.44. The van der Waals surface area contributed by atoms with Crippen LogP contribution in [-0.4, -0.2) is 60.5 Å². The number of hydrogen-bond donors (Lipinski definition) is 3. The number of carbonyl (C=O) groups is 1. The minimum atomic E-state index is -0.257. The number of guanidine groups is 1. The Morgan fingerprint density at radius 2 is 2.15 bits per heavy atom. The molecule has 0 atom stereocenters. The van der Waals surface area contributed by atoms with Gasteiger partial charge in [0.2, 0.25) is 5.91 Å². The normalized spacial score (nSPS) is 16.0. The van der Waals surface area contributed by atoms with Crippen molar-refractivity contribution in [3.05, 3.63) is 29.6 Å². The van der Waals surface area contributed by atoms with Gasteiger partial charge in [-0.3, -0.25) is 19.7 Å². The number of likely N-dealkylation sites (tertiary alicyclic amines) is 1. The molecule has 2 rings (SSSR count). The number of piperidine rings is 1. The fourth-order valence-electron chi connectivity index (χ4n) is 3.04. The lowest BCUT2D eigenvalue weighted by Crippen LogP contribution is -2.49. The van der Waals surface area contributed by atoms with Gasteiger partial charge in [0.1, 0.15) is 0 Å². The van der Waals surface area contributed by atoms with Gasteiger partial charge >= 0.3 is 0 Å². The predicted molar refractivity (Wildman–Crippen MR) is 116 cm³/mol. The molecule has 26 heavy (non-hydrogen) atoms. The zero-order valence-corrected chi connectivity index (χ0v) is 18.0. The fraction of sp³-hybridized carbons (Fsp3) is 0.611. The fourth-order valence-corrected chi connectivity index (χ4v) is 3.04. The van der Waals surface area contributed by atoms with Crippen molar-refractivity contribution in [2.24, 2.45) is 10.7 Å². The van der Waals surface area contributed by atoms with Crippen LogP contribution in [0.5, 0.6) is 0 Å². The number of nitrogens with one attached hydrogen (secondary N) is 2. The second-order valence-corrected chi connectivity index (χ2v) is 6.47. The Kier molecular flexibility index (Phi) is 10.5. The Morgan fingerprint density at radius 1 is 1.42 bits per heavy atom. The molecule has 0 unspecified atom stereocenters. The van der Waals surface area contributed by atoms with E-state index in [0.29, 0.717) is 12.6 Å². The third-order valence-corrected chi connectivity index (χ3v) is 4.44. The van der Waals surface area contributed by atoms with Gasteiger partial charge in [-0.2, -0.15) is 0 Å². The van der Waals surface area contributed by atoms with Crippen LogP contribution in [0.2, 0.25) is 0 Å². The van der Waals surface area contributed by atoms with Crippen molar-refractivity contribution >= 4 is 35.8 Å². The van der Waals surface area contributed by atoms with Gasteiger partial charge in [-0.25, -0.2) is 0 Å². The summed E-state index contributed by atoms with van der Waals surface area (Å²) in [4.78, 5) is 21.9. The van der Waals surface area contributed by atoms with Gasteiger partial charge in [0, 0.05) is 44.6 Å². The lowest BCUT2D eigenvalue weighted by molar-refractivity contribution is -0.119. The van der Waals surface area contributed by atoms with E-state index in [1.807, 2.05) is 12.4 Å². The van der Waals surface area contributed by atoms with E-state index in [1.165, 1.54) is 11.1 Å². The highest BCUT2D eigenvalue weighted by Gasteiger charge is 2.20. The number of aliphatic imine (C=N–C) groups is 1. The molecule has 0 bridgehead atoms. The van der Waals surface area contributed by atoms with Crippen LogP contribution >= 0.6 is 24.0 Å². The summed E-state index contributed by atoms with van der Waals surface area (Å²) >= 11 is 0. The number of aromatic nitrogens is 1. The molecule has 4 N–H and O–H groups in total. The molecule has 1 aromatic heterocycles. The molecule has 1 fully saturated rings. The van der Waals surface area contributed by atoms with E-state index in [-0.39, 0.29) is 29.9 Å². The molecule has 8 heteroatoms. The second-order valence-electron chi connectivity index (χ2n) is 6.47. The predicted octanol–water partition coefficient (Wildman–Crippen LogP) is 1.06. The zero-order valence-electron chi connectivity index (χ0n) is 15.7. The van der Waals surface area contributed by atoms with Crippen molar-refractivity contribution in [2.75, 3.05) is 32.7 Å². The molecule has 146 valence electrons. The number of aryl methyl sites for hydroxylation is 1. The molecule has 7 nitrogen and oxygen atoms in total. The van der Waals surface area contributed by atoms with Crippen LogP contribution in [-0.2, 0) is 11.2 Å². The first-order chi connectivity index (χ1) is 12.1. The summed E-state index contributed by atoms with van der Waals surface area (Å²) in [5.74, 6) is 0.607. The average Bonchev–Trinajstić information content (AvgIpc) is 2.58. The van der Waals surface area contributed by atoms with Crippen molar-refractivity contribution in [3.63, 3.8) is 0 Å². The summed E-state index contributed by atoms with van der Waals surface area (Å²) < 4.78 is 0. The molecular weight excluding hydrogens is 443 g/mol. The van der Waals surface area contributed by atoms with Crippen LogP contribution < -0.4 is 16.4 Å². The van der Waals surface area contributed by atoms with Gasteiger partial charge in [-0.15, -0.1) is 24.0 Å². The Bertz CT molecular complexity index is 587. The Labute approximate surface area is 173 Å². The molecule has 1 aliphatic rings. The molecule has 0 saturated carbocycles. The number of hydrogen-bond acceptors (Lipinski definition) is 4. The van der Waals surface area contributed by atoms with Crippen molar-refractivity contribution in [3.8, 4) is 0 Å². The first-order valence-electron chi connectivity index (χ1n) is 9.03. The van der Waals surface area contributed by atoms with Crippen molar-refractivity contribution < 1.29 is 4.79 Å². The van der Waals surface area contributed by atoms with E-state index in [2.05, 4.69) is 40.4 Å². The molecule has 0 aliphatic carbocycles. The number of amides is 1. The van der Waals surface area contributed by atoms with Crippen molar-refractivity contribution in [1.82, 2.24) is 20.5 Å². The second kappa shape index (κ2) is 12.1. The number of halogens is 1. The number of carbonyl (C=O) groups excluding carboxylic acids is 1. The van der Waals surface area contributed by atoms with Crippen molar-refractivity contribution in [2.45, 2.75) is 39.2 Å². The van der Waals surface area contributed by atoms with Gasteiger partial charge < -0.3 is 16.4 Å². The Morgan fingerprint density at radius 3 is 2.77 bits per heavy atom. The van der Waals surface area contributed by atoms with Gasteiger partial charge in [-0.05, 0) is 50.3 Å². The smallest absolute Gasteiger partial charge is 0.231 e. The van der Waals surface area contributed by atoms with Crippen LogP contribution in [0.4, 0.5) is 0 Å². The molecule has 0 radical (unpaired) electrons. The van der Waals surface area contributed by atoms with Gasteiger partial charge in [0.05, 0.1) is 6.54 Å². The molecule has 0 aromatic carbocycles. The zero-order chi connectivity index (χ0) is 18.1. The lowest BCUT2D eigenvalue weighted by Gasteiger charge is -2.32. The topological polar surface area (TPSA) is 95.6 Å². The monoisotopic (exact) mass is 474 g/mol. The summed E-state index contributed by atoms with van der Waals surface area (Å²) in [6.07, 6.45) is 6.60. The minimum Gasteiger partial charge on any atom is -0.369 e. The summed E-state index contributed by atoms with van der Waals surface area (Å²) in [5, 5.41) is 6.83. The maximum absolute atomic E-state index is 11.0. The molecule has 1 amide bonds. The Hall–Kier alpha value is -1.42. The Balaban J connectivity index is 0.00000338. The number of primary amides is 1. The highest BCUT2D eigenvalue weighted by molar-refractivity contribution is 14.0. The highest BCUT2D eigenvalue weighted by Crippen LogP contribution is 2.10. The third kappa shape index (κ3) is 7.86. The molecule has 1 aliphatic heterocycles. The van der Waals surface area contributed by atoms with Gasteiger partial charge in [-0.1, -0.05) is 0 Å². The standard InChI is InChI=1S/C18H30N6O.HI/c1-3-21-18(22-9-5-15-4-8-20-12-14(15)2)23-16-6-10-24(11-7-16)13-17(19)25;/h4,8,12,16H,3,5-7,9-11,13H2,1-2H3,(H2,19,25)(H2,21,22,23);1H. The minimum absolute atomic E-state index is 0. The quantitative estimate of drug-likeness (QED) is 0.312.